The predicted octanol–water partition coefficient (Wildman–Crippen LogP) is 3.70. The largest absolute Gasteiger partial charge is 0.493 e. The first-order valence-electron chi connectivity index (χ1n) is 9.96. The molecule has 0 saturated carbocycles. The van der Waals surface area contributed by atoms with Crippen LogP contribution in [0.15, 0.2) is 53.5 Å². The van der Waals surface area contributed by atoms with Crippen LogP contribution in [0.2, 0.25) is 0 Å². The van der Waals surface area contributed by atoms with Crippen molar-refractivity contribution in [3.8, 4) is 11.5 Å². The van der Waals surface area contributed by atoms with E-state index in [1.165, 1.54) is 17.5 Å². The number of likely N-dealkylation sites (tertiary alicyclic amines) is 1. The van der Waals surface area contributed by atoms with Crippen molar-refractivity contribution in [2.24, 2.45) is 4.99 Å². The van der Waals surface area contributed by atoms with Crippen molar-refractivity contribution in [3.05, 3.63) is 59.7 Å². The summed E-state index contributed by atoms with van der Waals surface area (Å²) in [6, 6.07) is 16.9. The van der Waals surface area contributed by atoms with E-state index in [1.54, 1.807) is 14.2 Å². The molecule has 1 unspecified atom stereocenters. The molecule has 0 aromatic heterocycles. The van der Waals surface area contributed by atoms with Gasteiger partial charge in [0.2, 0.25) is 0 Å². The van der Waals surface area contributed by atoms with Crippen LogP contribution in [0.25, 0.3) is 0 Å². The maximum Gasteiger partial charge on any atom is 0.193 e. The molecule has 2 aromatic carbocycles. The summed E-state index contributed by atoms with van der Waals surface area (Å²) < 4.78 is 10.7. The molecule has 5 nitrogen and oxygen atoms in total. The van der Waals surface area contributed by atoms with Gasteiger partial charge in [-0.2, -0.15) is 0 Å². The third kappa shape index (κ3) is 4.97. The Hall–Kier alpha value is -2.69. The molecule has 0 radical (unpaired) electrons. The molecular formula is C23H31N3O2. The SMILES string of the molecule is CN=C(NCCCc1ccc(OC)c(OC)c1)N1CCC(c2ccccc2)C1. The van der Waals surface area contributed by atoms with Crippen LogP contribution >= 0.6 is 0 Å². The lowest BCUT2D eigenvalue weighted by Crippen LogP contribution is -2.40. The zero-order valence-electron chi connectivity index (χ0n) is 17.1. The highest BCUT2D eigenvalue weighted by molar-refractivity contribution is 5.80. The van der Waals surface area contributed by atoms with Crippen molar-refractivity contribution >= 4 is 5.96 Å². The number of benzene rings is 2. The van der Waals surface area contributed by atoms with Gasteiger partial charge in [-0.15, -0.1) is 0 Å². The maximum absolute atomic E-state index is 5.39. The zero-order valence-corrected chi connectivity index (χ0v) is 17.1. The van der Waals surface area contributed by atoms with Crippen LogP contribution in [0, 0.1) is 0 Å². The van der Waals surface area contributed by atoms with Crippen molar-refractivity contribution in [2.75, 3.05) is 40.9 Å². The van der Waals surface area contributed by atoms with Crippen LogP contribution < -0.4 is 14.8 Å². The minimum Gasteiger partial charge on any atom is -0.493 e. The number of nitrogens with zero attached hydrogens (tertiary/aromatic N) is 2. The molecule has 1 N–H and O–H groups in total. The Morgan fingerprint density at radius 3 is 2.61 bits per heavy atom. The molecule has 0 bridgehead atoms. The van der Waals surface area contributed by atoms with E-state index in [0.29, 0.717) is 5.92 Å². The Bertz CT molecular complexity index is 777. The monoisotopic (exact) mass is 381 g/mol. The van der Waals surface area contributed by atoms with Gasteiger partial charge < -0.3 is 19.7 Å². The van der Waals surface area contributed by atoms with E-state index in [1.807, 2.05) is 13.1 Å². The van der Waals surface area contributed by atoms with E-state index in [4.69, 9.17) is 9.47 Å². The fraction of sp³-hybridized carbons (Fsp3) is 0.435. The van der Waals surface area contributed by atoms with Gasteiger partial charge in [-0.3, -0.25) is 4.99 Å². The molecule has 1 fully saturated rings. The van der Waals surface area contributed by atoms with Crippen LogP contribution in [0.3, 0.4) is 0 Å². The van der Waals surface area contributed by atoms with Crippen LogP contribution in [0.1, 0.15) is 29.9 Å². The molecule has 1 atom stereocenters. The minimum atomic E-state index is 0.589. The van der Waals surface area contributed by atoms with E-state index >= 15 is 0 Å². The number of aryl methyl sites for hydroxylation is 1. The van der Waals surface area contributed by atoms with E-state index in [0.717, 1.165) is 49.9 Å². The molecule has 28 heavy (non-hydrogen) atoms. The molecule has 0 spiro atoms. The molecule has 1 heterocycles. The standard InChI is InChI=1S/C23H31N3O2/c1-24-23(26-15-13-20(17-26)19-9-5-4-6-10-19)25-14-7-8-18-11-12-21(27-2)22(16-18)28-3/h4-6,9-12,16,20H,7-8,13-15,17H2,1-3H3,(H,24,25). The van der Waals surface area contributed by atoms with Gasteiger partial charge in [-0.05, 0) is 42.5 Å². The number of guanidine groups is 1. The fourth-order valence-corrected chi connectivity index (χ4v) is 3.81. The summed E-state index contributed by atoms with van der Waals surface area (Å²) in [4.78, 5) is 6.86. The summed E-state index contributed by atoms with van der Waals surface area (Å²) in [5.74, 6) is 3.15. The number of rotatable bonds is 7. The van der Waals surface area contributed by atoms with E-state index in [9.17, 15) is 0 Å². The second-order valence-corrected chi connectivity index (χ2v) is 7.11. The summed E-state index contributed by atoms with van der Waals surface area (Å²) >= 11 is 0. The molecular weight excluding hydrogens is 350 g/mol. The first-order chi connectivity index (χ1) is 13.7. The van der Waals surface area contributed by atoms with Gasteiger partial charge in [0.25, 0.3) is 0 Å². The van der Waals surface area contributed by atoms with Crippen molar-refractivity contribution < 1.29 is 9.47 Å². The van der Waals surface area contributed by atoms with E-state index in [2.05, 4.69) is 57.7 Å². The topological polar surface area (TPSA) is 46.1 Å². The molecule has 3 rings (SSSR count). The average molecular weight is 382 g/mol. The molecule has 0 aliphatic carbocycles. The van der Waals surface area contributed by atoms with Crippen molar-refractivity contribution in [2.45, 2.75) is 25.2 Å². The van der Waals surface area contributed by atoms with Gasteiger partial charge in [0.05, 0.1) is 14.2 Å². The zero-order chi connectivity index (χ0) is 19.8. The van der Waals surface area contributed by atoms with Crippen molar-refractivity contribution in [1.82, 2.24) is 10.2 Å². The first-order valence-corrected chi connectivity index (χ1v) is 9.96. The highest BCUT2D eigenvalue weighted by Crippen LogP contribution is 2.28. The van der Waals surface area contributed by atoms with Gasteiger partial charge >= 0.3 is 0 Å². The van der Waals surface area contributed by atoms with E-state index < -0.39 is 0 Å². The Morgan fingerprint density at radius 1 is 1.11 bits per heavy atom. The predicted molar refractivity (Wildman–Crippen MR) is 115 cm³/mol. The molecule has 5 heteroatoms. The Balaban J connectivity index is 1.46. The molecule has 1 aliphatic heterocycles. The number of hydrogen-bond donors (Lipinski definition) is 1. The van der Waals surface area contributed by atoms with Crippen LogP contribution in [0.4, 0.5) is 0 Å². The lowest BCUT2D eigenvalue weighted by molar-refractivity contribution is 0.354. The summed E-state index contributed by atoms with van der Waals surface area (Å²) in [5, 5.41) is 3.52. The Kier molecular flexibility index (Phi) is 7.18. The first kappa shape index (κ1) is 20.1. The maximum atomic E-state index is 5.39. The van der Waals surface area contributed by atoms with Gasteiger partial charge in [0.15, 0.2) is 17.5 Å². The third-order valence-corrected chi connectivity index (χ3v) is 5.34. The van der Waals surface area contributed by atoms with Gasteiger partial charge in [0.1, 0.15) is 0 Å². The minimum absolute atomic E-state index is 0.589. The molecule has 1 aliphatic rings. The summed E-state index contributed by atoms with van der Waals surface area (Å²) in [6.07, 6.45) is 3.19. The van der Waals surface area contributed by atoms with Crippen LogP contribution in [-0.2, 0) is 6.42 Å². The molecule has 150 valence electrons. The van der Waals surface area contributed by atoms with Gasteiger partial charge in [-0.25, -0.2) is 0 Å². The fourth-order valence-electron chi connectivity index (χ4n) is 3.81. The second kappa shape index (κ2) is 10.0. The lowest BCUT2D eigenvalue weighted by atomic mass is 9.99. The number of aliphatic imine (C=N–C) groups is 1. The number of methoxy groups -OCH3 is 2. The molecule has 1 saturated heterocycles. The Morgan fingerprint density at radius 2 is 1.89 bits per heavy atom. The Labute approximate surface area is 168 Å². The van der Waals surface area contributed by atoms with Crippen molar-refractivity contribution in [1.29, 1.82) is 0 Å². The molecule has 0 amide bonds. The molecule has 2 aromatic rings. The average Bonchev–Trinajstić information content (AvgIpc) is 3.24. The number of hydrogen-bond acceptors (Lipinski definition) is 3. The quantitative estimate of drug-likeness (QED) is 0.451. The normalized spacial score (nSPS) is 16.9. The summed E-state index contributed by atoms with van der Waals surface area (Å²) in [5.41, 5.74) is 2.67. The lowest BCUT2D eigenvalue weighted by Gasteiger charge is -2.22. The summed E-state index contributed by atoms with van der Waals surface area (Å²) in [7, 11) is 5.20. The van der Waals surface area contributed by atoms with Crippen molar-refractivity contribution in [3.63, 3.8) is 0 Å². The van der Waals surface area contributed by atoms with Gasteiger partial charge in [0, 0.05) is 32.6 Å². The summed E-state index contributed by atoms with van der Waals surface area (Å²) in [6.45, 7) is 2.97. The number of nitrogens with one attached hydrogen (secondary N) is 1. The van der Waals surface area contributed by atoms with Crippen LogP contribution in [0.5, 0.6) is 11.5 Å². The smallest absolute Gasteiger partial charge is 0.193 e. The second-order valence-electron chi connectivity index (χ2n) is 7.11. The van der Waals surface area contributed by atoms with Crippen LogP contribution in [-0.4, -0.2) is 51.8 Å². The third-order valence-electron chi connectivity index (χ3n) is 5.34. The van der Waals surface area contributed by atoms with Gasteiger partial charge in [-0.1, -0.05) is 36.4 Å². The number of ether oxygens (including phenoxy) is 2. The highest BCUT2D eigenvalue weighted by Gasteiger charge is 2.25. The highest BCUT2D eigenvalue weighted by atomic mass is 16.5. The van der Waals surface area contributed by atoms with E-state index in [-0.39, 0.29) is 0 Å².